The molecule has 362 valence electrons. The van der Waals surface area contributed by atoms with Crippen LogP contribution in [0.25, 0.3) is 0 Å². The van der Waals surface area contributed by atoms with E-state index >= 15 is 0 Å². The molecule has 20 nitrogen and oxygen atoms in total. The van der Waals surface area contributed by atoms with Gasteiger partial charge in [0, 0.05) is 6.54 Å². The zero-order valence-corrected chi connectivity index (χ0v) is 39.8. The van der Waals surface area contributed by atoms with Gasteiger partial charge in [0.1, 0.15) is 36.3 Å². The number of carbonyl (C=O) groups is 8. The van der Waals surface area contributed by atoms with E-state index in [4.69, 9.17) is 17.2 Å². The van der Waals surface area contributed by atoms with Crippen molar-refractivity contribution in [2.75, 3.05) is 13.1 Å². The number of nitrogens with one attached hydrogen (secondary N) is 7. The molecule has 0 saturated carbocycles. The van der Waals surface area contributed by atoms with Crippen molar-refractivity contribution in [3.8, 4) is 0 Å². The summed E-state index contributed by atoms with van der Waals surface area (Å²) < 4.78 is 0. The quantitative estimate of drug-likeness (QED) is 0.0265. The summed E-state index contributed by atoms with van der Waals surface area (Å²) in [4.78, 5) is 110. The second kappa shape index (κ2) is 29.4. The van der Waals surface area contributed by atoms with Crippen LogP contribution >= 0.6 is 0 Å². The third-order valence-corrected chi connectivity index (χ3v) is 10.1. The molecule has 0 fully saturated rings. The summed E-state index contributed by atoms with van der Waals surface area (Å²) in [5.41, 5.74) is 17.0. The summed E-state index contributed by atoms with van der Waals surface area (Å²) >= 11 is 0. The highest BCUT2D eigenvalue weighted by Crippen LogP contribution is 2.14. The van der Waals surface area contributed by atoms with E-state index in [1.165, 1.54) is 0 Å². The molecular formula is C43H81N11O9. The number of nitrogens with two attached hydrogens (primary N) is 3. The Balaban J connectivity index is 6.37. The first kappa shape index (κ1) is 58.0. The van der Waals surface area contributed by atoms with Crippen molar-refractivity contribution in [2.24, 2.45) is 57.7 Å². The summed E-state index contributed by atoms with van der Waals surface area (Å²) in [6.45, 7) is 21.5. The van der Waals surface area contributed by atoms with Gasteiger partial charge in [0.2, 0.25) is 41.4 Å². The van der Waals surface area contributed by atoms with Gasteiger partial charge < -0.3 is 59.5 Å². The number of nitrogens with zero attached hydrogens (tertiary/aromatic N) is 1. The highest BCUT2D eigenvalue weighted by Gasteiger charge is 2.35. The lowest BCUT2D eigenvalue weighted by molar-refractivity contribution is -0.143. The summed E-state index contributed by atoms with van der Waals surface area (Å²) in [5.74, 6) is -6.82. The molecule has 0 aliphatic rings. The second-order valence-corrected chi connectivity index (χ2v) is 18.5. The van der Waals surface area contributed by atoms with Crippen LogP contribution in [0.4, 0.5) is 0 Å². The predicted molar refractivity (Wildman–Crippen MR) is 242 cm³/mol. The SMILES string of the molecule is CC[C@H](C)[C@H](NC(=O)[C@H](CCCN=C(N)N)NC(=O)[C@@H](N)CC(C)C)C(=O)N[C@@H](CC(C)C)C(=O)N[C@@H](CC(C)C)C(=O)N[C@@H](CC(C)C)C(=O)NCC(=O)N[C@H](C(=O)O)C(C)C. The van der Waals surface area contributed by atoms with Crippen LogP contribution < -0.4 is 54.4 Å². The molecule has 0 rings (SSSR count). The van der Waals surface area contributed by atoms with E-state index in [0.29, 0.717) is 19.3 Å². The van der Waals surface area contributed by atoms with Crippen LogP contribution in [0.1, 0.15) is 128 Å². The van der Waals surface area contributed by atoms with Gasteiger partial charge in [0.25, 0.3) is 0 Å². The molecule has 0 aromatic carbocycles. The van der Waals surface area contributed by atoms with Crippen LogP contribution in [-0.2, 0) is 38.4 Å². The van der Waals surface area contributed by atoms with Crippen LogP contribution in [0.5, 0.6) is 0 Å². The molecule has 0 aliphatic carbocycles. The average molecular weight is 896 g/mol. The van der Waals surface area contributed by atoms with Crippen LogP contribution in [0, 0.1) is 35.5 Å². The summed E-state index contributed by atoms with van der Waals surface area (Å²) in [6, 6.07) is -7.61. The van der Waals surface area contributed by atoms with E-state index in [-0.39, 0.29) is 61.9 Å². The summed E-state index contributed by atoms with van der Waals surface area (Å²) in [6.07, 6.45) is 1.84. The molecule has 8 atom stereocenters. The highest BCUT2D eigenvalue weighted by molar-refractivity contribution is 5.97. The van der Waals surface area contributed by atoms with Gasteiger partial charge in [-0.1, -0.05) is 89.5 Å². The van der Waals surface area contributed by atoms with Gasteiger partial charge in [-0.2, -0.15) is 0 Å². The molecule has 0 heterocycles. The van der Waals surface area contributed by atoms with E-state index in [1.54, 1.807) is 20.8 Å². The lowest BCUT2D eigenvalue weighted by Crippen LogP contribution is -2.61. The first-order valence-electron chi connectivity index (χ1n) is 22.3. The number of aliphatic carboxylic acids is 1. The van der Waals surface area contributed by atoms with Crippen molar-refractivity contribution < 1.29 is 43.5 Å². The molecule has 0 radical (unpaired) electrons. The Kier molecular flexibility index (Phi) is 27.0. The number of guanidine groups is 1. The fraction of sp³-hybridized carbons (Fsp3) is 0.791. The van der Waals surface area contributed by atoms with Gasteiger partial charge in [0.05, 0.1) is 12.6 Å². The first-order valence-corrected chi connectivity index (χ1v) is 22.3. The Bertz CT molecular complexity index is 1530. The molecular weight excluding hydrogens is 815 g/mol. The zero-order valence-electron chi connectivity index (χ0n) is 39.8. The van der Waals surface area contributed by atoms with Crippen molar-refractivity contribution >= 4 is 53.3 Å². The molecule has 0 saturated heterocycles. The number of amides is 7. The van der Waals surface area contributed by atoms with E-state index in [1.807, 2.05) is 62.3 Å². The van der Waals surface area contributed by atoms with E-state index in [9.17, 15) is 43.5 Å². The maximum absolute atomic E-state index is 14.1. The molecule has 7 amide bonds. The monoisotopic (exact) mass is 896 g/mol. The smallest absolute Gasteiger partial charge is 0.326 e. The number of carbonyl (C=O) groups excluding carboxylic acids is 7. The molecule has 0 aromatic heterocycles. The highest BCUT2D eigenvalue weighted by atomic mass is 16.4. The van der Waals surface area contributed by atoms with Gasteiger partial charge >= 0.3 is 5.97 Å². The van der Waals surface area contributed by atoms with E-state index in [2.05, 4.69) is 42.2 Å². The third kappa shape index (κ3) is 23.9. The van der Waals surface area contributed by atoms with Crippen LogP contribution in [0.2, 0.25) is 0 Å². The zero-order chi connectivity index (χ0) is 48.7. The van der Waals surface area contributed by atoms with Crippen LogP contribution in [0.15, 0.2) is 4.99 Å². The number of hydrogen-bond donors (Lipinski definition) is 11. The summed E-state index contributed by atoms with van der Waals surface area (Å²) in [7, 11) is 0. The lowest BCUT2D eigenvalue weighted by Gasteiger charge is -2.30. The predicted octanol–water partition coefficient (Wildman–Crippen LogP) is 0.363. The van der Waals surface area contributed by atoms with Crippen LogP contribution in [0.3, 0.4) is 0 Å². The number of rotatable bonds is 30. The van der Waals surface area contributed by atoms with Crippen molar-refractivity contribution in [3.05, 3.63) is 0 Å². The van der Waals surface area contributed by atoms with Gasteiger partial charge in [-0.25, -0.2) is 4.79 Å². The fourth-order valence-electron chi connectivity index (χ4n) is 6.57. The number of aliphatic imine (C=N–C) groups is 1. The average Bonchev–Trinajstić information content (AvgIpc) is 3.16. The Morgan fingerprint density at radius 2 is 0.968 bits per heavy atom. The fourth-order valence-corrected chi connectivity index (χ4v) is 6.57. The van der Waals surface area contributed by atoms with Crippen molar-refractivity contribution in [3.63, 3.8) is 0 Å². The molecule has 0 aliphatic heterocycles. The molecule has 0 bridgehead atoms. The number of hydrogen-bond acceptors (Lipinski definition) is 10. The Hall–Kier alpha value is -5.01. The largest absolute Gasteiger partial charge is 0.480 e. The minimum Gasteiger partial charge on any atom is -0.480 e. The molecule has 0 aromatic rings. The first-order chi connectivity index (χ1) is 29.2. The Morgan fingerprint density at radius 3 is 1.38 bits per heavy atom. The van der Waals surface area contributed by atoms with Crippen molar-refractivity contribution in [1.82, 2.24) is 37.2 Å². The molecule has 0 unspecified atom stereocenters. The Labute approximate surface area is 374 Å². The third-order valence-electron chi connectivity index (χ3n) is 10.1. The normalized spacial score (nSPS) is 15.3. The van der Waals surface area contributed by atoms with E-state index < -0.39 is 108 Å². The van der Waals surface area contributed by atoms with Gasteiger partial charge in [-0.3, -0.25) is 38.6 Å². The molecule has 14 N–H and O–H groups in total. The maximum atomic E-state index is 14.1. The standard InChI is InChI=1S/C43H81N11O9/c1-13-27(12)35(54-38(58)29(15-14-16-47-43(45)46)49-36(56)28(44)17-22(2)3)41(61)52-32(20-25(8)9)40(60)51-31(19-24(6)7)39(59)50-30(18-23(4)5)37(57)48-21-33(55)53-34(26(10)11)42(62)63/h22-32,34-35H,13-21,44H2,1-12H3,(H,48,57)(H,49,56)(H,50,59)(H,51,60)(H,52,61)(H,53,55)(H,54,58)(H,62,63)(H4,45,46,47)/t27-,28-,29-,30-,31-,32-,34-,35-/m0/s1. The number of carboxylic acid groups (broad SMARTS) is 1. The van der Waals surface area contributed by atoms with Crippen molar-refractivity contribution in [2.45, 2.75) is 170 Å². The maximum Gasteiger partial charge on any atom is 0.326 e. The Morgan fingerprint density at radius 1 is 0.540 bits per heavy atom. The van der Waals surface area contributed by atoms with Gasteiger partial charge in [-0.05, 0) is 74.0 Å². The van der Waals surface area contributed by atoms with Gasteiger partial charge in [0.15, 0.2) is 5.96 Å². The minimum absolute atomic E-state index is 0.0753. The van der Waals surface area contributed by atoms with Crippen LogP contribution in [-0.4, -0.2) is 114 Å². The second-order valence-electron chi connectivity index (χ2n) is 18.5. The minimum atomic E-state index is -1.22. The summed E-state index contributed by atoms with van der Waals surface area (Å²) in [5, 5.41) is 28.1. The van der Waals surface area contributed by atoms with E-state index in [0.717, 1.165) is 0 Å². The molecule has 0 spiro atoms. The number of carboxylic acids is 1. The molecule has 20 heteroatoms. The molecule has 63 heavy (non-hydrogen) atoms. The lowest BCUT2D eigenvalue weighted by atomic mass is 9.95. The van der Waals surface area contributed by atoms with Crippen molar-refractivity contribution in [1.29, 1.82) is 0 Å². The van der Waals surface area contributed by atoms with Gasteiger partial charge in [-0.15, -0.1) is 0 Å². The topological polar surface area (TPSA) is 331 Å².